The molecule has 1 aliphatic rings. The normalized spacial score (nSPS) is 15.7. The molecule has 5 nitrogen and oxygen atoms in total. The van der Waals surface area contributed by atoms with E-state index in [1.54, 1.807) is 14.2 Å². The highest BCUT2D eigenvalue weighted by molar-refractivity contribution is 5.52. The molecule has 0 atom stereocenters. The van der Waals surface area contributed by atoms with Crippen molar-refractivity contribution >= 4 is 0 Å². The lowest BCUT2D eigenvalue weighted by molar-refractivity contribution is 0.122. The van der Waals surface area contributed by atoms with Crippen molar-refractivity contribution in [2.24, 2.45) is 0 Å². The molecule has 0 amide bonds. The Morgan fingerprint density at radius 2 is 1.22 bits per heavy atom. The zero-order valence-corrected chi connectivity index (χ0v) is 16.6. The van der Waals surface area contributed by atoms with Crippen LogP contribution in [0.2, 0.25) is 0 Å². The van der Waals surface area contributed by atoms with E-state index in [9.17, 15) is 5.11 Å². The summed E-state index contributed by atoms with van der Waals surface area (Å²) in [7, 11) is 3.12. The van der Waals surface area contributed by atoms with Gasteiger partial charge in [0.2, 0.25) is 5.75 Å². The molecule has 0 bridgehead atoms. The number of ether oxygens (including phenoxy) is 2. The van der Waals surface area contributed by atoms with Crippen LogP contribution in [0.15, 0.2) is 36.4 Å². The van der Waals surface area contributed by atoms with Gasteiger partial charge in [-0.1, -0.05) is 31.2 Å². The lowest BCUT2D eigenvalue weighted by Crippen LogP contribution is -2.45. The van der Waals surface area contributed by atoms with E-state index < -0.39 is 0 Å². The average Bonchev–Trinajstić information content (AvgIpc) is 2.71. The number of hydrogen-bond acceptors (Lipinski definition) is 5. The third kappa shape index (κ3) is 4.93. The zero-order valence-electron chi connectivity index (χ0n) is 16.6. The third-order valence-electron chi connectivity index (χ3n) is 5.25. The fraction of sp³-hybridized carbons (Fsp3) is 0.455. The number of nitrogens with zero attached hydrogens (tertiary/aromatic N) is 2. The molecule has 2 aromatic rings. The fourth-order valence-electron chi connectivity index (χ4n) is 3.54. The molecule has 1 heterocycles. The van der Waals surface area contributed by atoms with Crippen molar-refractivity contribution in [1.29, 1.82) is 0 Å². The predicted molar refractivity (Wildman–Crippen MR) is 108 cm³/mol. The van der Waals surface area contributed by atoms with E-state index in [0.29, 0.717) is 11.5 Å². The minimum Gasteiger partial charge on any atom is -0.502 e. The van der Waals surface area contributed by atoms with Crippen molar-refractivity contribution in [3.05, 3.63) is 53.1 Å². The van der Waals surface area contributed by atoms with Gasteiger partial charge in [0.05, 0.1) is 14.2 Å². The second-order valence-corrected chi connectivity index (χ2v) is 7.07. The van der Waals surface area contributed by atoms with Crippen molar-refractivity contribution in [3.8, 4) is 17.2 Å². The summed E-state index contributed by atoms with van der Waals surface area (Å²) in [6, 6.07) is 12.7. The van der Waals surface area contributed by atoms with Crippen LogP contribution in [-0.2, 0) is 19.5 Å². The smallest absolute Gasteiger partial charge is 0.200 e. The Morgan fingerprint density at radius 3 is 1.67 bits per heavy atom. The number of hydrogen-bond donors (Lipinski definition) is 1. The Balaban J connectivity index is 1.54. The van der Waals surface area contributed by atoms with E-state index in [2.05, 4.69) is 41.0 Å². The number of piperazine rings is 1. The molecule has 27 heavy (non-hydrogen) atoms. The van der Waals surface area contributed by atoms with Crippen LogP contribution in [0.5, 0.6) is 17.2 Å². The molecule has 1 N–H and O–H groups in total. The third-order valence-corrected chi connectivity index (χ3v) is 5.25. The molecule has 0 aliphatic carbocycles. The minimum absolute atomic E-state index is 0.0580. The highest BCUT2D eigenvalue weighted by atomic mass is 16.5. The molecule has 0 saturated carbocycles. The summed E-state index contributed by atoms with van der Waals surface area (Å²) in [6.45, 7) is 8.19. The maximum atomic E-state index is 10.1. The van der Waals surface area contributed by atoms with Gasteiger partial charge in [0.15, 0.2) is 11.5 Å². The van der Waals surface area contributed by atoms with Crippen molar-refractivity contribution in [3.63, 3.8) is 0 Å². The largest absolute Gasteiger partial charge is 0.502 e. The monoisotopic (exact) mass is 370 g/mol. The number of benzene rings is 2. The van der Waals surface area contributed by atoms with E-state index in [-0.39, 0.29) is 5.75 Å². The first-order valence-corrected chi connectivity index (χ1v) is 9.59. The minimum atomic E-state index is 0.0580. The Morgan fingerprint density at radius 1 is 0.778 bits per heavy atom. The van der Waals surface area contributed by atoms with Crippen LogP contribution in [0.4, 0.5) is 0 Å². The molecule has 0 spiro atoms. The zero-order chi connectivity index (χ0) is 19.2. The molecule has 0 radical (unpaired) electrons. The summed E-state index contributed by atoms with van der Waals surface area (Å²) >= 11 is 0. The fourth-order valence-corrected chi connectivity index (χ4v) is 3.54. The standard InChI is InChI=1S/C22H30N2O3/c1-4-17-5-7-18(8-6-17)15-23-9-11-24(12-10-23)16-19-13-20(26-2)22(25)21(14-19)27-3/h5-8,13-14,25H,4,9-12,15-16H2,1-3H3. The predicted octanol–water partition coefficient (Wildman–Crippen LogP) is 3.29. The van der Waals surface area contributed by atoms with Crippen molar-refractivity contribution < 1.29 is 14.6 Å². The van der Waals surface area contributed by atoms with E-state index in [0.717, 1.165) is 51.3 Å². The van der Waals surface area contributed by atoms with Gasteiger partial charge in [0, 0.05) is 39.3 Å². The van der Waals surface area contributed by atoms with Gasteiger partial charge in [-0.3, -0.25) is 9.80 Å². The Bertz CT molecular complexity index is 713. The number of phenols is 1. The quantitative estimate of drug-likeness (QED) is 0.810. The van der Waals surface area contributed by atoms with Gasteiger partial charge in [0.1, 0.15) is 0 Å². The molecule has 1 fully saturated rings. The lowest BCUT2D eigenvalue weighted by atomic mass is 10.1. The molecule has 1 aliphatic heterocycles. The number of phenolic OH excluding ortho intramolecular Hbond substituents is 1. The van der Waals surface area contributed by atoms with Gasteiger partial charge in [-0.15, -0.1) is 0 Å². The van der Waals surface area contributed by atoms with Gasteiger partial charge >= 0.3 is 0 Å². The summed E-state index contributed by atoms with van der Waals surface area (Å²) in [5.74, 6) is 0.972. The van der Waals surface area contributed by atoms with Crippen LogP contribution < -0.4 is 9.47 Å². The van der Waals surface area contributed by atoms with Crippen molar-refractivity contribution in [2.75, 3.05) is 40.4 Å². The van der Waals surface area contributed by atoms with Gasteiger partial charge in [0.25, 0.3) is 0 Å². The van der Waals surface area contributed by atoms with Crippen molar-refractivity contribution in [1.82, 2.24) is 9.80 Å². The summed E-state index contributed by atoms with van der Waals surface area (Å²) < 4.78 is 10.5. The van der Waals surface area contributed by atoms with Gasteiger partial charge in [-0.05, 0) is 35.2 Å². The molecular weight excluding hydrogens is 340 g/mol. The second-order valence-electron chi connectivity index (χ2n) is 7.07. The SMILES string of the molecule is CCc1ccc(CN2CCN(Cc3cc(OC)c(O)c(OC)c3)CC2)cc1. The maximum absolute atomic E-state index is 10.1. The van der Waals surface area contributed by atoms with Crippen LogP contribution >= 0.6 is 0 Å². The number of methoxy groups -OCH3 is 2. The maximum Gasteiger partial charge on any atom is 0.200 e. The summed E-state index contributed by atoms with van der Waals surface area (Å²) in [5.41, 5.74) is 3.86. The highest BCUT2D eigenvalue weighted by Gasteiger charge is 2.19. The molecule has 1 saturated heterocycles. The molecule has 146 valence electrons. The van der Waals surface area contributed by atoms with E-state index >= 15 is 0 Å². The van der Waals surface area contributed by atoms with Crippen LogP contribution in [0.3, 0.4) is 0 Å². The lowest BCUT2D eigenvalue weighted by Gasteiger charge is -2.34. The molecule has 5 heteroatoms. The van der Waals surface area contributed by atoms with Gasteiger partial charge in [-0.25, -0.2) is 0 Å². The van der Waals surface area contributed by atoms with Gasteiger partial charge in [-0.2, -0.15) is 0 Å². The van der Waals surface area contributed by atoms with Crippen LogP contribution in [0.25, 0.3) is 0 Å². The van der Waals surface area contributed by atoms with E-state index in [1.165, 1.54) is 11.1 Å². The topological polar surface area (TPSA) is 45.2 Å². The summed E-state index contributed by atoms with van der Waals surface area (Å²) in [4.78, 5) is 4.94. The molecule has 3 rings (SSSR count). The van der Waals surface area contributed by atoms with Crippen LogP contribution in [-0.4, -0.2) is 55.3 Å². The Labute approximate surface area is 162 Å². The number of aryl methyl sites for hydroxylation is 1. The molecule has 0 aromatic heterocycles. The first-order valence-electron chi connectivity index (χ1n) is 9.59. The first-order chi connectivity index (χ1) is 13.1. The van der Waals surface area contributed by atoms with E-state index in [4.69, 9.17) is 9.47 Å². The molecular formula is C22H30N2O3. The Kier molecular flexibility index (Phi) is 6.58. The molecule has 0 unspecified atom stereocenters. The molecule has 2 aromatic carbocycles. The first kappa shape index (κ1) is 19.5. The van der Waals surface area contributed by atoms with Crippen molar-refractivity contribution in [2.45, 2.75) is 26.4 Å². The van der Waals surface area contributed by atoms with Crippen LogP contribution in [0, 0.1) is 0 Å². The number of rotatable bonds is 7. The highest BCUT2D eigenvalue weighted by Crippen LogP contribution is 2.37. The van der Waals surface area contributed by atoms with Gasteiger partial charge < -0.3 is 14.6 Å². The Hall–Kier alpha value is -2.24. The summed E-state index contributed by atoms with van der Waals surface area (Å²) in [5, 5.41) is 10.1. The van der Waals surface area contributed by atoms with E-state index in [1.807, 2.05) is 12.1 Å². The van der Waals surface area contributed by atoms with Crippen LogP contribution in [0.1, 0.15) is 23.6 Å². The summed E-state index contributed by atoms with van der Waals surface area (Å²) in [6.07, 6.45) is 1.09. The average molecular weight is 370 g/mol. The number of aromatic hydroxyl groups is 1. The second kappa shape index (κ2) is 9.11.